The molecule has 1 aliphatic carbocycles. The molecule has 0 aliphatic heterocycles. The van der Waals surface area contributed by atoms with E-state index in [-0.39, 0.29) is 11.9 Å². The standard InChI is InChI=1S/C17H21N3O2/c1-11-16(20(2)10-18-11)17(21)19-15-6-4-5-12-9-13(22-3)7-8-14(12)15/h7-10,15H,4-6H2,1-3H3,(H,19,21)/t15-/m1/s1. The minimum atomic E-state index is -0.0637. The highest BCUT2D eigenvalue weighted by atomic mass is 16.5. The number of methoxy groups -OCH3 is 1. The molecule has 0 radical (unpaired) electrons. The lowest BCUT2D eigenvalue weighted by atomic mass is 9.87. The maximum Gasteiger partial charge on any atom is 0.270 e. The van der Waals surface area contributed by atoms with Gasteiger partial charge in [0.1, 0.15) is 11.4 Å². The Morgan fingerprint density at radius 2 is 2.27 bits per heavy atom. The normalized spacial score (nSPS) is 17.0. The summed E-state index contributed by atoms with van der Waals surface area (Å²) >= 11 is 0. The molecule has 1 aromatic heterocycles. The van der Waals surface area contributed by atoms with Gasteiger partial charge >= 0.3 is 0 Å². The number of aromatic nitrogens is 2. The van der Waals surface area contributed by atoms with Crippen LogP contribution in [0, 0.1) is 6.92 Å². The first-order valence-corrected chi connectivity index (χ1v) is 7.55. The van der Waals surface area contributed by atoms with Gasteiger partial charge in [-0.2, -0.15) is 0 Å². The molecule has 0 fully saturated rings. The number of rotatable bonds is 3. The molecule has 116 valence electrons. The third kappa shape index (κ3) is 2.58. The molecule has 0 bridgehead atoms. The predicted octanol–water partition coefficient (Wildman–Crippen LogP) is 2.54. The van der Waals surface area contributed by atoms with E-state index in [0.717, 1.165) is 30.7 Å². The van der Waals surface area contributed by atoms with Gasteiger partial charge in [-0.05, 0) is 49.4 Å². The van der Waals surface area contributed by atoms with Crippen molar-refractivity contribution in [3.05, 3.63) is 47.0 Å². The molecule has 0 unspecified atom stereocenters. The smallest absolute Gasteiger partial charge is 0.270 e. The molecule has 5 nitrogen and oxygen atoms in total. The predicted molar refractivity (Wildman–Crippen MR) is 84.1 cm³/mol. The van der Waals surface area contributed by atoms with Crippen LogP contribution < -0.4 is 10.1 Å². The number of carbonyl (C=O) groups excluding carboxylic acids is 1. The summed E-state index contributed by atoms with van der Waals surface area (Å²) in [4.78, 5) is 16.7. The summed E-state index contributed by atoms with van der Waals surface area (Å²) in [7, 11) is 3.52. The van der Waals surface area contributed by atoms with Crippen LogP contribution in [0.15, 0.2) is 24.5 Å². The van der Waals surface area contributed by atoms with Crippen molar-refractivity contribution in [2.45, 2.75) is 32.2 Å². The average Bonchev–Trinajstić information content (AvgIpc) is 2.86. The third-order valence-electron chi connectivity index (χ3n) is 4.30. The van der Waals surface area contributed by atoms with Gasteiger partial charge in [0, 0.05) is 7.05 Å². The molecule has 2 aromatic rings. The minimum Gasteiger partial charge on any atom is -0.497 e. The summed E-state index contributed by atoms with van der Waals surface area (Å²) in [5.41, 5.74) is 3.84. The Labute approximate surface area is 130 Å². The van der Waals surface area contributed by atoms with Crippen LogP contribution in [0.3, 0.4) is 0 Å². The summed E-state index contributed by atoms with van der Waals surface area (Å²) in [6.07, 6.45) is 4.73. The Hall–Kier alpha value is -2.30. The average molecular weight is 299 g/mol. The van der Waals surface area contributed by atoms with E-state index in [1.807, 2.05) is 20.0 Å². The second-order valence-corrected chi connectivity index (χ2v) is 5.77. The van der Waals surface area contributed by atoms with Crippen LogP contribution in [0.25, 0.3) is 0 Å². The maximum atomic E-state index is 12.6. The molecule has 1 aliphatic rings. The largest absolute Gasteiger partial charge is 0.497 e. The molecule has 1 amide bonds. The van der Waals surface area contributed by atoms with Gasteiger partial charge in [0.2, 0.25) is 0 Å². The van der Waals surface area contributed by atoms with Gasteiger partial charge in [0.05, 0.1) is 25.2 Å². The number of nitrogens with one attached hydrogen (secondary N) is 1. The van der Waals surface area contributed by atoms with Gasteiger partial charge in [0.25, 0.3) is 5.91 Å². The SMILES string of the molecule is COc1ccc2c(c1)CCC[C@H]2NC(=O)c1c(C)ncn1C. The number of fused-ring (bicyclic) bond motifs is 1. The zero-order valence-electron chi connectivity index (χ0n) is 13.2. The Kier molecular flexibility index (Phi) is 3.88. The molecular formula is C17H21N3O2. The highest BCUT2D eigenvalue weighted by molar-refractivity contribution is 5.94. The fraction of sp³-hybridized carbons (Fsp3) is 0.412. The molecule has 1 atom stereocenters. The Balaban J connectivity index is 1.84. The first kappa shape index (κ1) is 14.6. The molecule has 3 rings (SSSR count). The fourth-order valence-electron chi connectivity index (χ4n) is 3.17. The van der Waals surface area contributed by atoms with E-state index in [0.29, 0.717) is 5.69 Å². The van der Waals surface area contributed by atoms with Crippen LogP contribution in [-0.4, -0.2) is 22.6 Å². The Morgan fingerprint density at radius 1 is 1.45 bits per heavy atom. The molecular weight excluding hydrogens is 278 g/mol. The van der Waals surface area contributed by atoms with Crippen molar-refractivity contribution in [2.24, 2.45) is 7.05 Å². The molecule has 0 saturated heterocycles. The summed E-state index contributed by atoms with van der Waals surface area (Å²) in [5, 5.41) is 3.16. The monoisotopic (exact) mass is 299 g/mol. The number of amides is 1. The van der Waals surface area contributed by atoms with E-state index in [1.165, 1.54) is 11.1 Å². The lowest BCUT2D eigenvalue weighted by Gasteiger charge is -2.27. The Morgan fingerprint density at radius 3 is 2.95 bits per heavy atom. The molecule has 0 saturated carbocycles. The van der Waals surface area contributed by atoms with Gasteiger partial charge < -0.3 is 14.6 Å². The highest BCUT2D eigenvalue weighted by Gasteiger charge is 2.24. The van der Waals surface area contributed by atoms with Gasteiger partial charge in [-0.3, -0.25) is 4.79 Å². The number of imidazole rings is 1. The van der Waals surface area contributed by atoms with Gasteiger partial charge in [0.15, 0.2) is 0 Å². The van der Waals surface area contributed by atoms with Gasteiger partial charge in [-0.25, -0.2) is 4.98 Å². The molecule has 22 heavy (non-hydrogen) atoms. The van der Waals surface area contributed by atoms with Crippen LogP contribution in [0.4, 0.5) is 0 Å². The van der Waals surface area contributed by atoms with Crippen LogP contribution in [0.5, 0.6) is 5.75 Å². The number of ether oxygens (including phenoxy) is 1. The van der Waals surface area contributed by atoms with Gasteiger partial charge in [-0.15, -0.1) is 0 Å². The number of benzene rings is 1. The number of aryl methyl sites for hydroxylation is 3. The Bertz CT molecular complexity index is 686. The molecule has 1 N–H and O–H groups in total. The van der Waals surface area contributed by atoms with E-state index in [9.17, 15) is 4.79 Å². The first-order chi connectivity index (χ1) is 10.6. The molecule has 1 heterocycles. The van der Waals surface area contributed by atoms with Crippen molar-refractivity contribution in [3.8, 4) is 5.75 Å². The summed E-state index contributed by atoms with van der Waals surface area (Å²) in [6.45, 7) is 1.86. The molecule has 5 heteroatoms. The van der Waals surface area contributed by atoms with Crippen molar-refractivity contribution in [1.29, 1.82) is 0 Å². The van der Waals surface area contributed by atoms with E-state index >= 15 is 0 Å². The van der Waals surface area contributed by atoms with Crippen LogP contribution in [0.1, 0.15) is 46.2 Å². The van der Waals surface area contributed by atoms with Crippen LogP contribution in [0.2, 0.25) is 0 Å². The summed E-state index contributed by atoms with van der Waals surface area (Å²) in [5.74, 6) is 0.805. The van der Waals surface area contributed by atoms with E-state index < -0.39 is 0 Å². The zero-order valence-corrected chi connectivity index (χ0v) is 13.2. The first-order valence-electron chi connectivity index (χ1n) is 7.55. The lowest BCUT2D eigenvalue weighted by Crippen LogP contribution is -2.32. The zero-order chi connectivity index (χ0) is 15.7. The maximum absolute atomic E-state index is 12.6. The summed E-state index contributed by atoms with van der Waals surface area (Å²) < 4.78 is 7.05. The quantitative estimate of drug-likeness (QED) is 0.947. The van der Waals surface area contributed by atoms with Crippen molar-refractivity contribution in [2.75, 3.05) is 7.11 Å². The van der Waals surface area contributed by atoms with Crippen molar-refractivity contribution in [1.82, 2.24) is 14.9 Å². The third-order valence-corrected chi connectivity index (χ3v) is 4.30. The van der Waals surface area contributed by atoms with E-state index in [2.05, 4.69) is 22.4 Å². The molecule has 1 aromatic carbocycles. The van der Waals surface area contributed by atoms with E-state index in [1.54, 1.807) is 18.0 Å². The topological polar surface area (TPSA) is 56.1 Å². The number of carbonyl (C=O) groups is 1. The second-order valence-electron chi connectivity index (χ2n) is 5.77. The number of hydrogen-bond donors (Lipinski definition) is 1. The van der Waals surface area contributed by atoms with Crippen LogP contribution >= 0.6 is 0 Å². The highest BCUT2D eigenvalue weighted by Crippen LogP contribution is 2.32. The fourth-order valence-corrected chi connectivity index (χ4v) is 3.17. The van der Waals surface area contributed by atoms with Crippen molar-refractivity contribution >= 4 is 5.91 Å². The second kappa shape index (κ2) is 5.83. The van der Waals surface area contributed by atoms with Crippen molar-refractivity contribution in [3.63, 3.8) is 0 Å². The minimum absolute atomic E-state index is 0.0523. The van der Waals surface area contributed by atoms with E-state index in [4.69, 9.17) is 4.74 Å². The summed E-state index contributed by atoms with van der Waals surface area (Å²) in [6, 6.07) is 6.15. The van der Waals surface area contributed by atoms with Crippen LogP contribution in [-0.2, 0) is 13.5 Å². The lowest BCUT2D eigenvalue weighted by molar-refractivity contribution is 0.0924. The molecule has 0 spiro atoms. The number of hydrogen-bond acceptors (Lipinski definition) is 3. The van der Waals surface area contributed by atoms with Gasteiger partial charge in [-0.1, -0.05) is 6.07 Å². The van der Waals surface area contributed by atoms with Crippen molar-refractivity contribution < 1.29 is 9.53 Å². The number of nitrogens with zero attached hydrogens (tertiary/aromatic N) is 2.